The summed E-state index contributed by atoms with van der Waals surface area (Å²) >= 11 is 0. The van der Waals surface area contributed by atoms with Gasteiger partial charge in [0.05, 0.1) is 0 Å². The third-order valence-corrected chi connectivity index (χ3v) is 1.07. The van der Waals surface area contributed by atoms with Crippen molar-refractivity contribution in [3.63, 3.8) is 0 Å². The summed E-state index contributed by atoms with van der Waals surface area (Å²) in [6.45, 7) is 6.03. The highest BCUT2D eigenvalue weighted by atomic mass is 14.6. The first-order valence-electron chi connectivity index (χ1n) is 4.32. The number of nitrogens with zero attached hydrogens (tertiary/aromatic N) is 1. The van der Waals surface area contributed by atoms with Crippen molar-refractivity contribution >= 4 is 0 Å². The molecule has 0 radical (unpaired) electrons. The Labute approximate surface area is 74.8 Å². The molecule has 1 rings (SSSR count). The topological polar surface area (TPSA) is 12.9 Å². The molecule has 0 spiro atoms. The molecule has 1 heterocycles. The first kappa shape index (κ1) is 10.7. The first-order chi connectivity index (χ1) is 5.93. The molecule has 0 N–H and O–H groups in total. The van der Waals surface area contributed by atoms with Gasteiger partial charge >= 0.3 is 0 Å². The molecule has 0 fully saturated rings. The minimum Gasteiger partial charge on any atom is -0.263 e. The van der Waals surface area contributed by atoms with E-state index in [1.165, 1.54) is 0 Å². The fraction of sp³-hybridized carbons (Fsp3) is 0.364. The van der Waals surface area contributed by atoms with Crippen LogP contribution < -0.4 is 0 Å². The van der Waals surface area contributed by atoms with E-state index >= 15 is 0 Å². The van der Waals surface area contributed by atoms with Gasteiger partial charge in [-0.2, -0.15) is 0 Å². The molecular formula is C11H15N. The summed E-state index contributed by atoms with van der Waals surface area (Å²) in [5, 5.41) is 0. The lowest BCUT2D eigenvalue weighted by Crippen LogP contribution is -1.73. The van der Waals surface area contributed by atoms with Crippen molar-refractivity contribution in [2.24, 2.45) is 0 Å². The van der Waals surface area contributed by atoms with Crippen LogP contribution in [0.2, 0.25) is 0 Å². The molecule has 0 saturated carbocycles. The van der Waals surface area contributed by atoms with E-state index in [1.54, 1.807) is 12.4 Å². The molecule has 0 unspecified atom stereocenters. The Morgan fingerprint density at radius 2 is 2.17 bits per heavy atom. The van der Waals surface area contributed by atoms with Crippen LogP contribution in [0.15, 0.2) is 24.5 Å². The fourth-order valence-electron chi connectivity index (χ4n) is 0.627. The minimum absolute atomic E-state index is 0.898. The highest BCUT2D eigenvalue weighted by molar-refractivity contribution is 5.30. The molecule has 0 atom stereocenters. The van der Waals surface area contributed by atoms with Crippen molar-refractivity contribution in [1.29, 1.82) is 0 Å². The summed E-state index contributed by atoms with van der Waals surface area (Å²) < 4.78 is 0. The highest BCUT2D eigenvalue weighted by Gasteiger charge is 1.79. The molecule has 1 heteroatoms. The SMILES string of the molecule is CC.CCC#Cc1cccnc1. The highest BCUT2D eigenvalue weighted by Crippen LogP contribution is 1.91. The summed E-state index contributed by atoms with van der Waals surface area (Å²) in [4.78, 5) is 3.94. The Kier molecular flexibility index (Phi) is 6.97. The van der Waals surface area contributed by atoms with Crippen LogP contribution in [0, 0.1) is 11.8 Å². The van der Waals surface area contributed by atoms with Crippen molar-refractivity contribution in [2.75, 3.05) is 0 Å². The van der Waals surface area contributed by atoms with Gasteiger partial charge in [-0.3, -0.25) is 4.98 Å². The van der Waals surface area contributed by atoms with Crippen LogP contribution in [-0.2, 0) is 0 Å². The van der Waals surface area contributed by atoms with Crippen molar-refractivity contribution < 1.29 is 0 Å². The van der Waals surface area contributed by atoms with Crippen LogP contribution in [0.1, 0.15) is 32.8 Å². The van der Waals surface area contributed by atoms with Gasteiger partial charge < -0.3 is 0 Å². The van der Waals surface area contributed by atoms with E-state index in [9.17, 15) is 0 Å². The minimum atomic E-state index is 0.898. The molecule has 0 saturated heterocycles. The van der Waals surface area contributed by atoms with E-state index in [0.717, 1.165) is 12.0 Å². The molecule has 1 aromatic rings. The number of hydrogen-bond donors (Lipinski definition) is 0. The van der Waals surface area contributed by atoms with Crippen molar-refractivity contribution in [3.05, 3.63) is 30.1 Å². The average Bonchev–Trinajstić information content (AvgIpc) is 2.19. The maximum absolute atomic E-state index is 3.94. The predicted molar refractivity (Wildman–Crippen MR) is 52.8 cm³/mol. The van der Waals surface area contributed by atoms with Crippen molar-refractivity contribution in [3.8, 4) is 11.8 Å². The third-order valence-electron chi connectivity index (χ3n) is 1.07. The van der Waals surface area contributed by atoms with E-state index in [0.29, 0.717) is 0 Å². The van der Waals surface area contributed by atoms with Crippen LogP contribution in [0.25, 0.3) is 0 Å². The molecule has 0 aliphatic carbocycles. The second-order valence-electron chi connectivity index (χ2n) is 1.90. The molecule has 0 aliphatic rings. The van der Waals surface area contributed by atoms with Crippen LogP contribution in [-0.4, -0.2) is 4.98 Å². The van der Waals surface area contributed by atoms with Gasteiger partial charge in [0.1, 0.15) is 0 Å². The van der Waals surface area contributed by atoms with E-state index in [4.69, 9.17) is 0 Å². The molecule has 0 aromatic carbocycles. The summed E-state index contributed by atoms with van der Waals surface area (Å²) in [6.07, 6.45) is 4.41. The zero-order valence-electron chi connectivity index (χ0n) is 7.96. The first-order valence-corrected chi connectivity index (χ1v) is 4.32. The Hall–Kier alpha value is -1.29. The maximum atomic E-state index is 3.94. The van der Waals surface area contributed by atoms with Crippen LogP contribution >= 0.6 is 0 Å². The smallest absolute Gasteiger partial charge is 0.0428 e. The average molecular weight is 161 g/mol. The molecule has 1 aromatic heterocycles. The second-order valence-corrected chi connectivity index (χ2v) is 1.90. The van der Waals surface area contributed by atoms with Crippen LogP contribution in [0.4, 0.5) is 0 Å². The summed E-state index contributed by atoms with van der Waals surface area (Å²) in [5.74, 6) is 5.96. The lowest BCUT2D eigenvalue weighted by Gasteiger charge is -1.83. The third kappa shape index (κ3) is 4.51. The van der Waals surface area contributed by atoms with Gasteiger partial charge in [-0.15, -0.1) is 0 Å². The molecule has 0 amide bonds. The monoisotopic (exact) mass is 161 g/mol. The molecule has 0 aliphatic heterocycles. The van der Waals surface area contributed by atoms with E-state index in [1.807, 2.05) is 32.9 Å². The van der Waals surface area contributed by atoms with Gasteiger partial charge in [0.15, 0.2) is 0 Å². The summed E-state index contributed by atoms with van der Waals surface area (Å²) in [7, 11) is 0. The quantitative estimate of drug-likeness (QED) is 0.533. The van der Waals surface area contributed by atoms with Gasteiger partial charge in [0, 0.05) is 24.4 Å². The second kappa shape index (κ2) is 7.81. The van der Waals surface area contributed by atoms with E-state index < -0.39 is 0 Å². The molecule has 1 nitrogen and oxygen atoms in total. The number of pyridine rings is 1. The van der Waals surface area contributed by atoms with Gasteiger partial charge in [-0.1, -0.05) is 32.6 Å². The van der Waals surface area contributed by atoms with Crippen LogP contribution in [0.3, 0.4) is 0 Å². The molecular weight excluding hydrogens is 146 g/mol. The number of aromatic nitrogens is 1. The number of hydrogen-bond acceptors (Lipinski definition) is 1. The fourth-order valence-corrected chi connectivity index (χ4v) is 0.627. The molecule has 12 heavy (non-hydrogen) atoms. The van der Waals surface area contributed by atoms with Gasteiger partial charge in [-0.25, -0.2) is 0 Å². The normalized spacial score (nSPS) is 7.25. The summed E-state index contributed by atoms with van der Waals surface area (Å²) in [6, 6.07) is 3.84. The number of rotatable bonds is 0. The van der Waals surface area contributed by atoms with Gasteiger partial charge in [0.2, 0.25) is 0 Å². The van der Waals surface area contributed by atoms with Crippen molar-refractivity contribution in [2.45, 2.75) is 27.2 Å². The standard InChI is InChI=1S/C9H9N.C2H6/c1-2-3-5-9-6-4-7-10-8-9;1-2/h4,6-8H,2H2,1H3;1-2H3. The molecule has 0 bridgehead atoms. The molecule has 64 valence electrons. The Bertz CT molecular complexity index is 241. The van der Waals surface area contributed by atoms with Gasteiger partial charge in [0.25, 0.3) is 0 Å². The Morgan fingerprint density at radius 1 is 1.42 bits per heavy atom. The Morgan fingerprint density at radius 3 is 2.67 bits per heavy atom. The van der Waals surface area contributed by atoms with E-state index in [-0.39, 0.29) is 0 Å². The van der Waals surface area contributed by atoms with Crippen LogP contribution in [0.5, 0.6) is 0 Å². The van der Waals surface area contributed by atoms with Crippen molar-refractivity contribution in [1.82, 2.24) is 4.98 Å². The largest absolute Gasteiger partial charge is 0.263 e. The zero-order valence-corrected chi connectivity index (χ0v) is 7.96. The van der Waals surface area contributed by atoms with Gasteiger partial charge in [-0.05, 0) is 12.1 Å². The lowest BCUT2D eigenvalue weighted by molar-refractivity contribution is 1.27. The Balaban J connectivity index is 0.000000561. The summed E-state index contributed by atoms with van der Waals surface area (Å²) in [5.41, 5.74) is 0.990. The predicted octanol–water partition coefficient (Wildman–Crippen LogP) is 2.87. The zero-order chi connectivity index (χ0) is 9.23. The maximum Gasteiger partial charge on any atom is 0.0428 e. The lowest BCUT2D eigenvalue weighted by atomic mass is 10.3. The van der Waals surface area contributed by atoms with E-state index in [2.05, 4.69) is 16.8 Å².